The predicted octanol–water partition coefficient (Wildman–Crippen LogP) is 5.10. The Bertz CT molecular complexity index is 627. The van der Waals surface area contributed by atoms with Crippen LogP contribution in [-0.2, 0) is 9.53 Å². The lowest BCUT2D eigenvalue weighted by Gasteiger charge is -2.42. The fourth-order valence-corrected chi connectivity index (χ4v) is 4.99. The molecule has 2 aliphatic rings. The second kappa shape index (κ2) is 8.32. The summed E-state index contributed by atoms with van der Waals surface area (Å²) < 4.78 is 17.2. The normalized spacial score (nSPS) is 31.8. The lowest BCUT2D eigenvalue weighted by molar-refractivity contribution is -0.147. The number of benzene rings is 1. The molecule has 1 aromatic carbocycles. The lowest BCUT2D eigenvalue weighted by atomic mass is 9.69. The van der Waals surface area contributed by atoms with Crippen molar-refractivity contribution in [3.8, 4) is 11.5 Å². The largest absolute Gasteiger partial charge is 0.497 e. The molecule has 1 fully saturated rings. The molecule has 0 bridgehead atoms. The number of hydrogen-bond acceptors (Lipinski definition) is 4. The standard InChI is InChI=1S/C22H32O4/c1-14-7-5-8-17(26-16(3)23)9-6-10-20-19-12-11-18(24-4)13-21(19)25-15(2)22(14)20/h11-15,17,20,22H,5-10H2,1-4H3/t14?,15-,17+,20-,22+/m1/s1. The van der Waals surface area contributed by atoms with Crippen LogP contribution in [0.1, 0.15) is 70.8 Å². The van der Waals surface area contributed by atoms with E-state index < -0.39 is 0 Å². The number of fused-ring (bicyclic) bond motifs is 3. The SMILES string of the molecule is COc1ccc2c(c1)O[C@H](C)[C@@H]1C(C)CCC[C@H](OC(C)=O)CCC[C@H]21. The molecule has 1 saturated carbocycles. The van der Waals surface area contributed by atoms with Crippen LogP contribution in [0.3, 0.4) is 0 Å². The molecular weight excluding hydrogens is 328 g/mol. The van der Waals surface area contributed by atoms with Gasteiger partial charge in [0.25, 0.3) is 0 Å². The number of carbonyl (C=O) groups excluding carboxylic acids is 1. The van der Waals surface area contributed by atoms with E-state index >= 15 is 0 Å². The molecule has 0 radical (unpaired) electrons. The third kappa shape index (κ3) is 4.16. The molecule has 4 nitrogen and oxygen atoms in total. The zero-order valence-corrected chi connectivity index (χ0v) is 16.5. The van der Waals surface area contributed by atoms with E-state index in [2.05, 4.69) is 19.9 Å². The average molecular weight is 360 g/mol. The summed E-state index contributed by atoms with van der Waals surface area (Å²) in [5, 5.41) is 0. The van der Waals surface area contributed by atoms with Gasteiger partial charge < -0.3 is 14.2 Å². The first kappa shape index (κ1) is 19.1. The Morgan fingerprint density at radius 2 is 1.85 bits per heavy atom. The van der Waals surface area contributed by atoms with Gasteiger partial charge in [-0.05, 0) is 62.5 Å². The molecule has 26 heavy (non-hydrogen) atoms. The molecule has 0 spiro atoms. The van der Waals surface area contributed by atoms with Crippen LogP contribution in [0.25, 0.3) is 0 Å². The Kier molecular flexibility index (Phi) is 6.10. The van der Waals surface area contributed by atoms with Crippen molar-refractivity contribution in [2.24, 2.45) is 11.8 Å². The van der Waals surface area contributed by atoms with Crippen LogP contribution in [0.5, 0.6) is 11.5 Å². The molecule has 5 atom stereocenters. The van der Waals surface area contributed by atoms with Crippen molar-refractivity contribution >= 4 is 5.97 Å². The van der Waals surface area contributed by atoms with Gasteiger partial charge in [-0.25, -0.2) is 0 Å². The van der Waals surface area contributed by atoms with Gasteiger partial charge in [-0.15, -0.1) is 0 Å². The van der Waals surface area contributed by atoms with Crippen LogP contribution in [0.4, 0.5) is 0 Å². The Hall–Kier alpha value is -1.71. The van der Waals surface area contributed by atoms with Crippen LogP contribution in [0.15, 0.2) is 18.2 Å². The van der Waals surface area contributed by atoms with Crippen molar-refractivity contribution in [1.29, 1.82) is 0 Å². The monoisotopic (exact) mass is 360 g/mol. The van der Waals surface area contributed by atoms with E-state index in [9.17, 15) is 4.79 Å². The van der Waals surface area contributed by atoms with E-state index in [-0.39, 0.29) is 18.2 Å². The van der Waals surface area contributed by atoms with E-state index in [4.69, 9.17) is 14.2 Å². The maximum atomic E-state index is 11.4. The zero-order valence-electron chi connectivity index (χ0n) is 16.5. The molecule has 1 aliphatic heterocycles. The van der Waals surface area contributed by atoms with Crippen LogP contribution in [0, 0.1) is 11.8 Å². The smallest absolute Gasteiger partial charge is 0.302 e. The molecule has 1 aliphatic carbocycles. The highest BCUT2D eigenvalue weighted by Gasteiger charge is 2.39. The number of rotatable bonds is 2. The molecule has 0 aromatic heterocycles. The van der Waals surface area contributed by atoms with E-state index in [1.807, 2.05) is 12.1 Å². The summed E-state index contributed by atoms with van der Waals surface area (Å²) in [4.78, 5) is 11.4. The van der Waals surface area contributed by atoms with Crippen molar-refractivity contribution in [2.45, 2.75) is 77.4 Å². The highest BCUT2D eigenvalue weighted by Crippen LogP contribution is 2.48. The van der Waals surface area contributed by atoms with E-state index in [1.165, 1.54) is 12.5 Å². The molecule has 144 valence electrons. The van der Waals surface area contributed by atoms with Gasteiger partial charge in [0.15, 0.2) is 0 Å². The molecule has 3 rings (SSSR count). The highest BCUT2D eigenvalue weighted by atomic mass is 16.5. The van der Waals surface area contributed by atoms with Gasteiger partial charge in [0.1, 0.15) is 17.6 Å². The molecule has 1 heterocycles. The van der Waals surface area contributed by atoms with Crippen molar-refractivity contribution in [2.75, 3.05) is 7.11 Å². The van der Waals surface area contributed by atoms with Gasteiger partial charge in [0, 0.05) is 18.9 Å². The Morgan fingerprint density at radius 3 is 2.54 bits per heavy atom. The van der Waals surface area contributed by atoms with Crippen LogP contribution in [0.2, 0.25) is 0 Å². The van der Waals surface area contributed by atoms with Gasteiger partial charge in [-0.3, -0.25) is 4.79 Å². The summed E-state index contributed by atoms with van der Waals surface area (Å²) in [7, 11) is 1.69. The maximum absolute atomic E-state index is 11.4. The van der Waals surface area contributed by atoms with Crippen LogP contribution >= 0.6 is 0 Å². The number of methoxy groups -OCH3 is 1. The Labute approximate surface area is 157 Å². The van der Waals surface area contributed by atoms with Gasteiger partial charge >= 0.3 is 5.97 Å². The summed E-state index contributed by atoms with van der Waals surface area (Å²) in [6.45, 7) is 6.08. The predicted molar refractivity (Wildman–Crippen MR) is 102 cm³/mol. The molecule has 0 N–H and O–H groups in total. The third-order valence-corrected chi connectivity index (χ3v) is 6.16. The van der Waals surface area contributed by atoms with E-state index in [1.54, 1.807) is 7.11 Å². The minimum absolute atomic E-state index is 0.0730. The van der Waals surface area contributed by atoms with E-state index in [0.717, 1.165) is 50.0 Å². The summed E-state index contributed by atoms with van der Waals surface area (Å²) in [6.07, 6.45) is 6.65. The minimum Gasteiger partial charge on any atom is -0.497 e. The van der Waals surface area contributed by atoms with Crippen LogP contribution in [-0.4, -0.2) is 25.3 Å². The first-order valence-electron chi connectivity index (χ1n) is 10.0. The van der Waals surface area contributed by atoms with Crippen molar-refractivity contribution in [1.82, 2.24) is 0 Å². The first-order valence-corrected chi connectivity index (χ1v) is 10.0. The minimum atomic E-state index is -0.157. The van der Waals surface area contributed by atoms with E-state index in [0.29, 0.717) is 17.8 Å². The second-order valence-electron chi connectivity index (χ2n) is 7.98. The van der Waals surface area contributed by atoms with Crippen LogP contribution < -0.4 is 9.47 Å². The lowest BCUT2D eigenvalue weighted by Crippen LogP contribution is -2.38. The quantitative estimate of drug-likeness (QED) is 0.689. The molecule has 1 unspecified atom stereocenters. The Morgan fingerprint density at radius 1 is 1.12 bits per heavy atom. The summed E-state index contributed by atoms with van der Waals surface area (Å²) in [5.41, 5.74) is 1.31. The molecule has 1 aromatic rings. The number of ether oxygens (including phenoxy) is 3. The van der Waals surface area contributed by atoms with Crippen molar-refractivity contribution in [3.63, 3.8) is 0 Å². The fourth-order valence-electron chi connectivity index (χ4n) is 4.99. The second-order valence-corrected chi connectivity index (χ2v) is 7.98. The summed E-state index contributed by atoms with van der Waals surface area (Å²) in [5.74, 6) is 3.26. The fraction of sp³-hybridized carbons (Fsp3) is 0.682. The number of esters is 1. The molecular formula is C22H32O4. The number of hydrogen-bond donors (Lipinski definition) is 0. The highest BCUT2D eigenvalue weighted by molar-refractivity contribution is 5.66. The molecule has 0 saturated heterocycles. The molecule has 0 amide bonds. The van der Waals surface area contributed by atoms with Gasteiger partial charge in [-0.2, -0.15) is 0 Å². The third-order valence-electron chi connectivity index (χ3n) is 6.16. The summed E-state index contributed by atoms with van der Waals surface area (Å²) in [6, 6.07) is 6.24. The van der Waals surface area contributed by atoms with Crippen molar-refractivity contribution in [3.05, 3.63) is 23.8 Å². The average Bonchev–Trinajstić information content (AvgIpc) is 2.59. The Balaban J connectivity index is 1.84. The first-order chi connectivity index (χ1) is 12.5. The van der Waals surface area contributed by atoms with Crippen molar-refractivity contribution < 1.29 is 19.0 Å². The number of carbonyl (C=O) groups is 1. The van der Waals surface area contributed by atoms with Gasteiger partial charge in [0.05, 0.1) is 13.2 Å². The molecule has 4 heteroatoms. The van der Waals surface area contributed by atoms with Gasteiger partial charge in [0.2, 0.25) is 0 Å². The topological polar surface area (TPSA) is 44.8 Å². The maximum Gasteiger partial charge on any atom is 0.302 e. The zero-order chi connectivity index (χ0) is 18.7. The van der Waals surface area contributed by atoms with Gasteiger partial charge in [-0.1, -0.05) is 19.4 Å². The summed E-state index contributed by atoms with van der Waals surface area (Å²) >= 11 is 0.